The number of rotatable bonds is 4. The maximum absolute atomic E-state index is 12.2. The molecule has 3 N–H and O–H groups in total. The average Bonchev–Trinajstić information content (AvgIpc) is 2.94. The zero-order valence-electron chi connectivity index (χ0n) is 12.3. The molecular weight excluding hydrogens is 325 g/mol. The summed E-state index contributed by atoms with van der Waals surface area (Å²) in [5.41, 5.74) is 6.09. The molecule has 1 aliphatic rings. The summed E-state index contributed by atoms with van der Waals surface area (Å²) in [7, 11) is 0. The van der Waals surface area contributed by atoms with Gasteiger partial charge in [-0.2, -0.15) is 0 Å². The maximum atomic E-state index is 12.2. The number of amides is 3. The minimum atomic E-state index is -0.556. The van der Waals surface area contributed by atoms with Crippen LogP contribution >= 0.6 is 23.2 Å². The molecule has 0 spiro atoms. The van der Waals surface area contributed by atoms with Crippen LogP contribution in [0.2, 0.25) is 10.0 Å². The van der Waals surface area contributed by atoms with E-state index in [1.807, 2.05) is 6.92 Å². The number of primary amides is 1. The van der Waals surface area contributed by atoms with Crippen molar-refractivity contribution in [2.75, 3.05) is 13.1 Å². The highest BCUT2D eigenvalue weighted by molar-refractivity contribution is 6.36. The van der Waals surface area contributed by atoms with E-state index < -0.39 is 12.1 Å². The van der Waals surface area contributed by atoms with E-state index in [1.165, 1.54) is 4.90 Å². The Balaban J connectivity index is 1.98. The summed E-state index contributed by atoms with van der Waals surface area (Å²) in [6, 6.07) is 4.29. The molecule has 1 fully saturated rings. The fourth-order valence-electron chi connectivity index (χ4n) is 2.76. The minimum Gasteiger partial charge on any atom is -0.354 e. The number of benzene rings is 1. The lowest BCUT2D eigenvalue weighted by atomic mass is 10.0. The molecule has 0 unspecified atom stereocenters. The van der Waals surface area contributed by atoms with Gasteiger partial charge in [0.2, 0.25) is 5.91 Å². The molecule has 1 saturated heterocycles. The van der Waals surface area contributed by atoms with Crippen LogP contribution in [0.1, 0.15) is 31.2 Å². The first kappa shape index (κ1) is 16.9. The summed E-state index contributed by atoms with van der Waals surface area (Å²) in [6.07, 6.45) is 1.42. The van der Waals surface area contributed by atoms with E-state index in [1.54, 1.807) is 18.2 Å². The van der Waals surface area contributed by atoms with E-state index in [2.05, 4.69) is 5.32 Å². The van der Waals surface area contributed by atoms with Crippen LogP contribution in [0, 0.1) is 0 Å². The topological polar surface area (TPSA) is 75.4 Å². The number of carbonyl (C=O) groups is 2. The molecule has 1 aromatic carbocycles. The number of hydrogen-bond acceptors (Lipinski definition) is 2. The molecule has 120 valence electrons. The number of likely N-dealkylation sites (tertiary alicyclic amines) is 1. The number of nitrogens with two attached hydrogens (primary N) is 1. The average molecular weight is 344 g/mol. The molecule has 5 nitrogen and oxygen atoms in total. The van der Waals surface area contributed by atoms with Crippen LogP contribution in [0.4, 0.5) is 4.79 Å². The van der Waals surface area contributed by atoms with E-state index in [0.29, 0.717) is 29.6 Å². The minimum absolute atomic E-state index is 0.0337. The highest BCUT2D eigenvalue weighted by atomic mass is 35.5. The van der Waals surface area contributed by atoms with Crippen LogP contribution in [0.15, 0.2) is 18.2 Å². The predicted molar refractivity (Wildman–Crippen MR) is 87.2 cm³/mol. The Morgan fingerprint density at radius 3 is 2.64 bits per heavy atom. The van der Waals surface area contributed by atoms with Gasteiger partial charge in [-0.1, -0.05) is 36.2 Å². The van der Waals surface area contributed by atoms with Gasteiger partial charge >= 0.3 is 6.03 Å². The number of urea groups is 1. The smallest absolute Gasteiger partial charge is 0.315 e. The third-order valence-electron chi connectivity index (χ3n) is 3.91. The lowest BCUT2D eigenvalue weighted by Crippen LogP contribution is -2.48. The second kappa shape index (κ2) is 7.20. The quantitative estimate of drug-likeness (QED) is 0.881. The first-order chi connectivity index (χ1) is 10.4. The number of hydrogen-bond donors (Lipinski definition) is 2. The van der Waals surface area contributed by atoms with Crippen molar-refractivity contribution in [2.45, 2.75) is 31.7 Å². The van der Waals surface area contributed by atoms with Gasteiger partial charge in [-0.15, -0.1) is 0 Å². The fourth-order valence-corrected chi connectivity index (χ4v) is 3.53. The van der Waals surface area contributed by atoms with Crippen molar-refractivity contribution >= 4 is 35.1 Å². The van der Waals surface area contributed by atoms with Crippen LogP contribution < -0.4 is 11.1 Å². The lowest BCUT2D eigenvalue weighted by Gasteiger charge is -2.23. The van der Waals surface area contributed by atoms with Crippen molar-refractivity contribution in [3.05, 3.63) is 33.8 Å². The van der Waals surface area contributed by atoms with Crippen LogP contribution in [-0.4, -0.2) is 36.0 Å². The number of nitrogens with one attached hydrogen (secondary N) is 1. The van der Waals surface area contributed by atoms with Gasteiger partial charge in [-0.3, -0.25) is 4.79 Å². The second-order valence-corrected chi connectivity index (χ2v) is 6.29. The molecule has 0 bridgehead atoms. The van der Waals surface area contributed by atoms with Gasteiger partial charge in [0, 0.05) is 29.1 Å². The van der Waals surface area contributed by atoms with Gasteiger partial charge in [0.15, 0.2) is 0 Å². The van der Waals surface area contributed by atoms with Crippen molar-refractivity contribution in [3.8, 4) is 0 Å². The van der Waals surface area contributed by atoms with Crippen LogP contribution in [0.3, 0.4) is 0 Å². The highest BCUT2D eigenvalue weighted by Crippen LogP contribution is 2.31. The van der Waals surface area contributed by atoms with Gasteiger partial charge in [0.25, 0.3) is 0 Å². The summed E-state index contributed by atoms with van der Waals surface area (Å²) in [6.45, 7) is 2.86. The number of nitrogens with zero attached hydrogens (tertiary/aromatic N) is 1. The molecule has 2 rings (SSSR count). The molecule has 22 heavy (non-hydrogen) atoms. The predicted octanol–water partition coefficient (Wildman–Crippen LogP) is 2.76. The largest absolute Gasteiger partial charge is 0.354 e. The Kier molecular flexibility index (Phi) is 5.53. The Bertz CT molecular complexity index is 560. The lowest BCUT2D eigenvalue weighted by molar-refractivity contribution is -0.124. The number of halogens is 2. The Hall–Kier alpha value is -1.46. The molecule has 1 aliphatic heterocycles. The van der Waals surface area contributed by atoms with E-state index in [0.717, 1.165) is 12.0 Å². The second-order valence-electron chi connectivity index (χ2n) is 5.47. The van der Waals surface area contributed by atoms with Gasteiger partial charge in [0.1, 0.15) is 6.04 Å². The molecule has 0 radical (unpaired) electrons. The van der Waals surface area contributed by atoms with Crippen molar-refractivity contribution in [1.29, 1.82) is 0 Å². The van der Waals surface area contributed by atoms with Crippen LogP contribution in [0.5, 0.6) is 0 Å². The van der Waals surface area contributed by atoms with Crippen molar-refractivity contribution in [3.63, 3.8) is 0 Å². The monoisotopic (exact) mass is 343 g/mol. The SMILES string of the molecule is C[C@@H](CNC(=O)[C@@H]1CCCN1C(N)=O)c1c(Cl)cccc1Cl. The van der Waals surface area contributed by atoms with Crippen molar-refractivity contribution in [1.82, 2.24) is 10.2 Å². The van der Waals surface area contributed by atoms with Crippen molar-refractivity contribution < 1.29 is 9.59 Å². The maximum Gasteiger partial charge on any atom is 0.315 e. The zero-order valence-corrected chi connectivity index (χ0v) is 13.8. The molecule has 0 aromatic heterocycles. The Morgan fingerprint density at radius 2 is 2.05 bits per heavy atom. The Labute approximate surface area is 139 Å². The van der Waals surface area contributed by atoms with Gasteiger partial charge < -0.3 is 16.0 Å². The summed E-state index contributed by atoms with van der Waals surface area (Å²) in [5.74, 6) is -0.222. The normalized spacial score (nSPS) is 19.0. The van der Waals surface area contributed by atoms with Crippen molar-refractivity contribution in [2.24, 2.45) is 5.73 Å². The molecular formula is C15H19Cl2N3O2. The molecule has 0 saturated carbocycles. The van der Waals surface area contributed by atoms with Gasteiger partial charge in [-0.05, 0) is 30.5 Å². The van der Waals surface area contributed by atoms with Crippen LogP contribution in [0.25, 0.3) is 0 Å². The first-order valence-corrected chi connectivity index (χ1v) is 7.95. The summed E-state index contributed by atoms with van der Waals surface area (Å²) in [5, 5.41) is 4.01. The van der Waals surface area contributed by atoms with Crippen LogP contribution in [-0.2, 0) is 4.79 Å². The number of carbonyl (C=O) groups excluding carboxylic acids is 2. The van der Waals surface area contributed by atoms with E-state index in [4.69, 9.17) is 28.9 Å². The summed E-state index contributed by atoms with van der Waals surface area (Å²) in [4.78, 5) is 24.9. The first-order valence-electron chi connectivity index (χ1n) is 7.19. The van der Waals surface area contributed by atoms with Gasteiger partial charge in [0.05, 0.1) is 0 Å². The summed E-state index contributed by atoms with van der Waals surface area (Å²) >= 11 is 12.3. The molecule has 0 aliphatic carbocycles. The van der Waals surface area contributed by atoms with Gasteiger partial charge in [-0.25, -0.2) is 4.79 Å². The van der Waals surface area contributed by atoms with E-state index in [9.17, 15) is 9.59 Å². The highest BCUT2D eigenvalue weighted by Gasteiger charge is 2.33. The fraction of sp³-hybridized carbons (Fsp3) is 0.467. The Morgan fingerprint density at radius 1 is 1.41 bits per heavy atom. The standard InChI is InChI=1S/C15H19Cl2N3O2/c1-9(13-10(16)4-2-5-11(13)17)8-19-14(21)12-6-3-7-20(12)15(18)22/h2,4-5,9,12H,3,6-8H2,1H3,(H2,18,22)(H,19,21)/t9-,12-/m0/s1. The van der Waals surface area contributed by atoms with E-state index in [-0.39, 0.29) is 11.8 Å². The molecule has 2 atom stereocenters. The molecule has 7 heteroatoms. The zero-order chi connectivity index (χ0) is 16.3. The molecule has 1 aromatic rings. The third kappa shape index (κ3) is 3.65. The summed E-state index contributed by atoms with van der Waals surface area (Å²) < 4.78 is 0. The third-order valence-corrected chi connectivity index (χ3v) is 4.57. The van der Waals surface area contributed by atoms with E-state index >= 15 is 0 Å². The molecule has 1 heterocycles. The molecule has 3 amide bonds.